The topological polar surface area (TPSA) is 111 Å². The Labute approximate surface area is 483 Å². The summed E-state index contributed by atoms with van der Waals surface area (Å²) in [5.74, 6) is -0.505. The average Bonchev–Trinajstić information content (AvgIpc) is 3.41. The maximum atomic E-state index is 13.5. The molecule has 0 heterocycles. The van der Waals surface area contributed by atoms with E-state index in [2.05, 4.69) is 86.8 Å². The molecular formula is C68H126N2O7P+. The molecule has 9 nitrogen and oxygen atoms in total. The summed E-state index contributed by atoms with van der Waals surface area (Å²) in [4.78, 5) is 37.7. The summed E-state index contributed by atoms with van der Waals surface area (Å²) in [6.07, 6.45) is 74.7. The standard InChI is InChI=1S/C68H125N2O7P/c1-7-10-13-16-19-22-25-27-29-31-32-33-34-35-36-37-38-39-41-43-46-49-52-55-58-61-68(72)77-66(59-56-53-50-47-44-24-21-18-15-12-9-3)65(64-76-78(73,74)75-63-62-70(4,5)6)69-67(71)60-57-54-51-48-45-42-40-30-28-26-23-20-17-14-11-8-2/h10,13,19,22,27,29,32-33,35-36,56,59,65-66H,7-9,11-12,14-18,20-21,23-26,28,30-31,34,37-55,57-58,60-64H2,1-6H3,(H-,69,71,73,74)/p+1/b13-10-,22-19-,29-27-,33-32-,36-35-,59-56+. The summed E-state index contributed by atoms with van der Waals surface area (Å²) in [6.45, 7) is 6.91. The molecule has 0 aromatic heterocycles. The number of likely N-dealkylation sites (N-methyl/N-ethyl adjacent to an activating group) is 1. The number of amides is 1. The molecule has 0 saturated carbocycles. The van der Waals surface area contributed by atoms with Crippen LogP contribution in [-0.4, -0.2) is 74.3 Å². The summed E-state index contributed by atoms with van der Waals surface area (Å²) in [5.41, 5.74) is 0. The van der Waals surface area contributed by atoms with Gasteiger partial charge in [0.05, 0.1) is 33.8 Å². The number of carbonyl (C=O) groups excluding carboxylic acids is 2. The fraction of sp³-hybridized carbons (Fsp3) is 0.794. The van der Waals surface area contributed by atoms with Crippen molar-refractivity contribution in [2.45, 2.75) is 309 Å². The van der Waals surface area contributed by atoms with Gasteiger partial charge in [0, 0.05) is 12.8 Å². The minimum absolute atomic E-state index is 0.0387. The Morgan fingerprint density at radius 1 is 0.462 bits per heavy atom. The number of ether oxygens (including phenoxy) is 1. The molecule has 3 unspecified atom stereocenters. The molecule has 0 spiro atoms. The quantitative estimate of drug-likeness (QED) is 0.0205. The Kier molecular flexibility index (Phi) is 55.8. The van der Waals surface area contributed by atoms with Gasteiger partial charge in [0.25, 0.3) is 0 Å². The fourth-order valence-corrected chi connectivity index (χ4v) is 10.1. The first-order chi connectivity index (χ1) is 37.9. The molecule has 0 aromatic rings. The molecule has 2 N–H and O–H groups in total. The van der Waals surface area contributed by atoms with E-state index in [1.165, 1.54) is 161 Å². The van der Waals surface area contributed by atoms with E-state index < -0.39 is 20.0 Å². The Morgan fingerprint density at radius 3 is 1.23 bits per heavy atom. The smallest absolute Gasteiger partial charge is 0.456 e. The second kappa shape index (κ2) is 57.7. The Morgan fingerprint density at radius 2 is 0.821 bits per heavy atom. The summed E-state index contributed by atoms with van der Waals surface area (Å²) in [6, 6.07) is -0.850. The van der Waals surface area contributed by atoms with Gasteiger partial charge in [0.15, 0.2) is 0 Å². The number of nitrogens with one attached hydrogen (secondary N) is 1. The van der Waals surface area contributed by atoms with Crippen molar-refractivity contribution in [2.24, 2.45) is 0 Å². The number of hydrogen-bond acceptors (Lipinski definition) is 6. The van der Waals surface area contributed by atoms with Gasteiger partial charge in [-0.3, -0.25) is 18.6 Å². The van der Waals surface area contributed by atoms with Gasteiger partial charge in [0.1, 0.15) is 19.3 Å². The van der Waals surface area contributed by atoms with Crippen molar-refractivity contribution in [1.29, 1.82) is 0 Å². The van der Waals surface area contributed by atoms with Gasteiger partial charge >= 0.3 is 13.8 Å². The van der Waals surface area contributed by atoms with Gasteiger partial charge < -0.3 is 19.4 Å². The van der Waals surface area contributed by atoms with Crippen LogP contribution in [0.2, 0.25) is 0 Å². The zero-order valence-corrected chi connectivity index (χ0v) is 52.8. The minimum atomic E-state index is -4.45. The van der Waals surface area contributed by atoms with Crippen LogP contribution in [0.15, 0.2) is 72.9 Å². The second-order valence-electron chi connectivity index (χ2n) is 23.3. The predicted molar refractivity (Wildman–Crippen MR) is 337 cm³/mol. The number of nitrogens with zero attached hydrogens (tertiary/aromatic N) is 1. The van der Waals surface area contributed by atoms with Gasteiger partial charge in [0.2, 0.25) is 5.91 Å². The van der Waals surface area contributed by atoms with Crippen LogP contribution in [0.4, 0.5) is 0 Å². The molecule has 0 aliphatic heterocycles. The molecule has 3 atom stereocenters. The zero-order valence-electron chi connectivity index (χ0n) is 51.9. The van der Waals surface area contributed by atoms with E-state index in [9.17, 15) is 19.0 Å². The van der Waals surface area contributed by atoms with Crippen LogP contribution in [0.3, 0.4) is 0 Å². The zero-order chi connectivity index (χ0) is 57.2. The molecule has 0 saturated heterocycles. The number of esters is 1. The molecule has 0 radical (unpaired) electrons. The molecule has 0 aliphatic carbocycles. The number of rotatable bonds is 59. The predicted octanol–water partition coefficient (Wildman–Crippen LogP) is 20.4. The van der Waals surface area contributed by atoms with Crippen LogP contribution in [0, 0.1) is 0 Å². The Bertz CT molecular complexity index is 1570. The maximum absolute atomic E-state index is 13.5. The number of carbonyl (C=O) groups is 2. The summed E-state index contributed by atoms with van der Waals surface area (Å²) < 4.78 is 30.7. The van der Waals surface area contributed by atoms with E-state index in [4.69, 9.17) is 13.8 Å². The van der Waals surface area contributed by atoms with Crippen LogP contribution in [0.5, 0.6) is 0 Å². The van der Waals surface area contributed by atoms with Crippen molar-refractivity contribution in [3.8, 4) is 0 Å². The highest BCUT2D eigenvalue weighted by molar-refractivity contribution is 7.47. The first-order valence-electron chi connectivity index (χ1n) is 32.8. The van der Waals surface area contributed by atoms with E-state index in [-0.39, 0.29) is 31.5 Å². The van der Waals surface area contributed by atoms with Crippen molar-refractivity contribution in [3.05, 3.63) is 72.9 Å². The van der Waals surface area contributed by atoms with E-state index >= 15 is 0 Å². The van der Waals surface area contributed by atoms with Crippen molar-refractivity contribution in [3.63, 3.8) is 0 Å². The van der Waals surface area contributed by atoms with Gasteiger partial charge in [-0.2, -0.15) is 0 Å². The lowest BCUT2D eigenvalue weighted by atomic mass is 10.0. The van der Waals surface area contributed by atoms with Crippen molar-refractivity contribution in [1.82, 2.24) is 5.32 Å². The van der Waals surface area contributed by atoms with E-state index in [1.54, 1.807) is 0 Å². The molecule has 0 bridgehead atoms. The van der Waals surface area contributed by atoms with Crippen molar-refractivity contribution >= 4 is 19.7 Å². The van der Waals surface area contributed by atoms with Gasteiger partial charge in [-0.1, -0.05) is 280 Å². The lowest BCUT2D eigenvalue weighted by molar-refractivity contribution is -0.870. The highest BCUT2D eigenvalue weighted by atomic mass is 31.2. The molecule has 0 aliphatic rings. The van der Waals surface area contributed by atoms with E-state index in [0.29, 0.717) is 17.4 Å². The molecule has 0 aromatic carbocycles. The number of allylic oxidation sites excluding steroid dienone is 11. The molecule has 0 rings (SSSR count). The molecular weight excluding hydrogens is 988 g/mol. The monoisotopic (exact) mass is 1110 g/mol. The minimum Gasteiger partial charge on any atom is -0.456 e. The molecule has 10 heteroatoms. The molecule has 0 fully saturated rings. The summed E-state index contributed by atoms with van der Waals surface area (Å²) >= 11 is 0. The van der Waals surface area contributed by atoms with Crippen LogP contribution in [0.25, 0.3) is 0 Å². The Hall–Kier alpha value is -2.55. The molecule has 454 valence electrons. The van der Waals surface area contributed by atoms with E-state index in [1.807, 2.05) is 33.3 Å². The van der Waals surface area contributed by atoms with Gasteiger partial charge in [-0.15, -0.1) is 0 Å². The maximum Gasteiger partial charge on any atom is 0.472 e. The highest BCUT2D eigenvalue weighted by Crippen LogP contribution is 2.43. The third-order valence-corrected chi connectivity index (χ3v) is 15.4. The second-order valence-corrected chi connectivity index (χ2v) is 24.7. The third kappa shape index (κ3) is 58.1. The number of unbranched alkanes of at least 4 members (excludes halogenated alkanes) is 33. The number of phosphoric acid groups is 1. The lowest BCUT2D eigenvalue weighted by Crippen LogP contribution is -2.47. The SMILES string of the molecule is CC/C=C\C/C=C\C/C=C\C/C=C\C/C=C\CCCCCCCCCCCC(=O)OC(/C=C/CCCCCCCCCCC)C(COP(=O)(O)OCC[N+](C)(C)C)NC(=O)CCCCCCCCCCCCCCCCCC. The number of hydrogen-bond donors (Lipinski definition) is 2. The Balaban J connectivity index is 5.10. The average molecular weight is 1110 g/mol. The summed E-state index contributed by atoms with van der Waals surface area (Å²) in [7, 11) is 1.50. The summed E-state index contributed by atoms with van der Waals surface area (Å²) in [5, 5.41) is 3.06. The van der Waals surface area contributed by atoms with Crippen molar-refractivity contribution in [2.75, 3.05) is 40.9 Å². The van der Waals surface area contributed by atoms with Crippen LogP contribution in [0.1, 0.15) is 297 Å². The van der Waals surface area contributed by atoms with Crippen LogP contribution < -0.4 is 5.32 Å². The number of phosphoric ester groups is 1. The van der Waals surface area contributed by atoms with Gasteiger partial charge in [-0.05, 0) is 76.7 Å². The van der Waals surface area contributed by atoms with Gasteiger partial charge in [-0.25, -0.2) is 4.57 Å². The molecule has 78 heavy (non-hydrogen) atoms. The van der Waals surface area contributed by atoms with E-state index in [0.717, 1.165) is 103 Å². The third-order valence-electron chi connectivity index (χ3n) is 14.4. The highest BCUT2D eigenvalue weighted by Gasteiger charge is 2.30. The van der Waals surface area contributed by atoms with Crippen LogP contribution in [-0.2, 0) is 27.9 Å². The van der Waals surface area contributed by atoms with Crippen LogP contribution >= 0.6 is 7.82 Å². The lowest BCUT2D eigenvalue weighted by Gasteiger charge is -2.27. The molecule has 1 amide bonds. The number of quaternary nitrogens is 1. The normalized spacial score (nSPS) is 14.1. The van der Waals surface area contributed by atoms with Crippen molar-refractivity contribution < 1.29 is 37.3 Å². The largest absolute Gasteiger partial charge is 0.472 e. The first-order valence-corrected chi connectivity index (χ1v) is 34.3. The fourth-order valence-electron chi connectivity index (χ4n) is 9.38. The first kappa shape index (κ1) is 75.5.